The van der Waals surface area contributed by atoms with Crippen molar-refractivity contribution in [2.45, 2.75) is 57.2 Å². The van der Waals surface area contributed by atoms with Crippen LogP contribution in [0.5, 0.6) is 0 Å². The average Bonchev–Trinajstić information content (AvgIpc) is 2.28. The summed E-state index contributed by atoms with van der Waals surface area (Å²) in [6.07, 6.45) is 4.79. The van der Waals surface area contributed by atoms with Gasteiger partial charge >= 0.3 is 5.97 Å². The molecule has 1 unspecified atom stereocenters. The zero-order valence-corrected chi connectivity index (χ0v) is 11.2. The van der Waals surface area contributed by atoms with Crippen molar-refractivity contribution in [3.05, 3.63) is 0 Å². The van der Waals surface area contributed by atoms with Crippen LogP contribution in [0.2, 0.25) is 0 Å². The number of aliphatic carboxylic acids is 1. The minimum atomic E-state index is -3.73. The molecule has 17 heavy (non-hydrogen) atoms. The van der Waals surface area contributed by atoms with Gasteiger partial charge in [0.05, 0.1) is 0 Å². The SMILES string of the molecule is CCC1CCC(NS(=O)(=O)C(C)C(=O)O)CC1. The maximum Gasteiger partial charge on any atom is 0.323 e. The zero-order chi connectivity index (χ0) is 13.1. The quantitative estimate of drug-likeness (QED) is 0.784. The van der Waals surface area contributed by atoms with E-state index in [1.54, 1.807) is 0 Å². The highest BCUT2D eigenvalue weighted by atomic mass is 32.2. The molecule has 0 heterocycles. The van der Waals surface area contributed by atoms with Crippen LogP contribution in [-0.4, -0.2) is 30.8 Å². The van der Waals surface area contributed by atoms with Gasteiger partial charge in [-0.3, -0.25) is 4.79 Å². The van der Waals surface area contributed by atoms with E-state index in [1.807, 2.05) is 0 Å². The lowest BCUT2D eigenvalue weighted by molar-refractivity contribution is -0.136. The van der Waals surface area contributed by atoms with Crippen LogP contribution < -0.4 is 4.72 Å². The second-order valence-corrected chi connectivity index (χ2v) is 6.80. The lowest BCUT2D eigenvalue weighted by Gasteiger charge is -2.28. The molecule has 0 amide bonds. The Morgan fingerprint density at radius 1 is 1.35 bits per heavy atom. The van der Waals surface area contributed by atoms with E-state index >= 15 is 0 Å². The van der Waals surface area contributed by atoms with Gasteiger partial charge in [-0.25, -0.2) is 13.1 Å². The van der Waals surface area contributed by atoms with Gasteiger partial charge in [0, 0.05) is 6.04 Å². The molecule has 1 aliphatic carbocycles. The monoisotopic (exact) mass is 263 g/mol. The minimum Gasteiger partial charge on any atom is -0.480 e. The first kappa shape index (κ1) is 14.4. The second kappa shape index (κ2) is 5.82. The number of rotatable bonds is 5. The van der Waals surface area contributed by atoms with Crippen molar-refractivity contribution < 1.29 is 18.3 Å². The lowest BCUT2D eigenvalue weighted by atomic mass is 9.85. The Bertz CT molecular complexity index is 358. The van der Waals surface area contributed by atoms with E-state index in [-0.39, 0.29) is 6.04 Å². The van der Waals surface area contributed by atoms with E-state index in [2.05, 4.69) is 11.6 Å². The summed E-state index contributed by atoms with van der Waals surface area (Å²) in [7, 11) is -3.73. The molecule has 0 saturated heterocycles. The van der Waals surface area contributed by atoms with Crippen molar-refractivity contribution in [2.75, 3.05) is 0 Å². The van der Waals surface area contributed by atoms with E-state index in [4.69, 9.17) is 5.11 Å². The summed E-state index contributed by atoms with van der Waals surface area (Å²) in [5.74, 6) is -0.618. The van der Waals surface area contributed by atoms with Crippen molar-refractivity contribution >= 4 is 16.0 Å². The molecule has 1 rings (SSSR count). The minimum absolute atomic E-state index is 0.0930. The number of nitrogens with one attached hydrogen (secondary N) is 1. The third-order valence-corrected chi connectivity index (χ3v) is 5.36. The predicted octanol–water partition coefficient (Wildman–Crippen LogP) is 1.35. The van der Waals surface area contributed by atoms with E-state index in [0.717, 1.165) is 32.1 Å². The standard InChI is InChI=1S/C11H21NO4S/c1-3-9-4-6-10(7-5-9)12-17(15,16)8(2)11(13)14/h8-10,12H,3-7H2,1-2H3,(H,13,14). The predicted molar refractivity (Wildman–Crippen MR) is 65.2 cm³/mol. The summed E-state index contributed by atoms with van der Waals surface area (Å²) >= 11 is 0. The fourth-order valence-electron chi connectivity index (χ4n) is 2.16. The van der Waals surface area contributed by atoms with E-state index in [0.29, 0.717) is 5.92 Å². The maximum absolute atomic E-state index is 11.7. The summed E-state index contributed by atoms with van der Waals surface area (Å²) in [5.41, 5.74) is 0. The highest BCUT2D eigenvalue weighted by Crippen LogP contribution is 2.27. The number of carboxylic acids is 1. The zero-order valence-electron chi connectivity index (χ0n) is 10.3. The molecule has 5 nitrogen and oxygen atoms in total. The Hall–Kier alpha value is -0.620. The molecule has 0 spiro atoms. The number of sulfonamides is 1. The average molecular weight is 263 g/mol. The Balaban J connectivity index is 2.53. The van der Waals surface area contributed by atoms with Gasteiger partial charge in [0.2, 0.25) is 10.0 Å². The Kier molecular flexibility index (Phi) is 4.94. The lowest BCUT2D eigenvalue weighted by Crippen LogP contribution is -2.44. The highest BCUT2D eigenvalue weighted by Gasteiger charge is 2.31. The van der Waals surface area contributed by atoms with Gasteiger partial charge in [0.25, 0.3) is 0 Å². The van der Waals surface area contributed by atoms with Gasteiger partial charge in [-0.2, -0.15) is 0 Å². The Labute approximate surface area is 103 Å². The summed E-state index contributed by atoms with van der Waals surface area (Å²) in [4.78, 5) is 10.7. The topological polar surface area (TPSA) is 83.5 Å². The smallest absolute Gasteiger partial charge is 0.323 e. The molecule has 1 aliphatic rings. The first-order valence-electron chi connectivity index (χ1n) is 6.10. The third kappa shape index (κ3) is 3.96. The molecule has 0 aromatic rings. The van der Waals surface area contributed by atoms with Crippen molar-refractivity contribution in [3.8, 4) is 0 Å². The number of hydrogen-bond donors (Lipinski definition) is 2. The molecule has 100 valence electrons. The largest absolute Gasteiger partial charge is 0.480 e. The first-order valence-corrected chi connectivity index (χ1v) is 7.65. The first-order chi connectivity index (χ1) is 7.86. The molecular formula is C11H21NO4S. The molecule has 0 aromatic carbocycles. The van der Waals surface area contributed by atoms with E-state index < -0.39 is 21.2 Å². The van der Waals surface area contributed by atoms with E-state index in [9.17, 15) is 13.2 Å². The fraction of sp³-hybridized carbons (Fsp3) is 0.909. The maximum atomic E-state index is 11.7. The van der Waals surface area contributed by atoms with E-state index in [1.165, 1.54) is 6.92 Å². The third-order valence-electron chi connectivity index (χ3n) is 3.57. The van der Waals surface area contributed by atoms with Gasteiger partial charge in [-0.05, 0) is 38.5 Å². The summed E-state index contributed by atoms with van der Waals surface area (Å²) < 4.78 is 25.9. The van der Waals surface area contributed by atoms with Crippen LogP contribution in [0.25, 0.3) is 0 Å². The van der Waals surface area contributed by atoms with Gasteiger partial charge in [-0.1, -0.05) is 13.3 Å². The summed E-state index contributed by atoms with van der Waals surface area (Å²) in [5, 5.41) is 7.33. The molecule has 2 N–H and O–H groups in total. The Morgan fingerprint density at radius 3 is 2.29 bits per heavy atom. The van der Waals surface area contributed by atoms with Crippen molar-refractivity contribution in [2.24, 2.45) is 5.92 Å². The summed E-state index contributed by atoms with van der Waals surface area (Å²) in [6.45, 7) is 3.34. The molecular weight excluding hydrogens is 242 g/mol. The van der Waals surface area contributed by atoms with Crippen molar-refractivity contribution in [1.82, 2.24) is 4.72 Å². The molecule has 0 bridgehead atoms. The van der Waals surface area contributed by atoms with Crippen LogP contribution in [0.3, 0.4) is 0 Å². The van der Waals surface area contributed by atoms with Crippen molar-refractivity contribution in [3.63, 3.8) is 0 Å². The number of carbonyl (C=O) groups is 1. The van der Waals surface area contributed by atoms with Gasteiger partial charge < -0.3 is 5.11 Å². The van der Waals surface area contributed by atoms with Crippen LogP contribution in [0.4, 0.5) is 0 Å². The molecule has 6 heteroatoms. The van der Waals surface area contributed by atoms with Crippen LogP contribution in [0.1, 0.15) is 46.0 Å². The van der Waals surface area contributed by atoms with Crippen LogP contribution >= 0.6 is 0 Å². The van der Waals surface area contributed by atoms with Gasteiger partial charge in [0.1, 0.15) is 0 Å². The molecule has 1 fully saturated rings. The van der Waals surface area contributed by atoms with Crippen molar-refractivity contribution in [1.29, 1.82) is 0 Å². The molecule has 0 radical (unpaired) electrons. The molecule has 0 aliphatic heterocycles. The molecule has 0 aromatic heterocycles. The highest BCUT2D eigenvalue weighted by molar-refractivity contribution is 7.90. The summed E-state index contributed by atoms with van der Waals surface area (Å²) in [6, 6.07) is -0.0930. The number of hydrogen-bond acceptors (Lipinski definition) is 3. The van der Waals surface area contributed by atoms with Gasteiger partial charge in [0.15, 0.2) is 5.25 Å². The van der Waals surface area contributed by atoms with Crippen LogP contribution in [0.15, 0.2) is 0 Å². The van der Waals surface area contributed by atoms with Crippen LogP contribution in [0, 0.1) is 5.92 Å². The van der Waals surface area contributed by atoms with Gasteiger partial charge in [-0.15, -0.1) is 0 Å². The second-order valence-electron chi connectivity index (χ2n) is 4.77. The van der Waals surface area contributed by atoms with Crippen LogP contribution in [-0.2, 0) is 14.8 Å². The molecule has 1 saturated carbocycles. The Morgan fingerprint density at radius 2 is 1.88 bits per heavy atom. The number of carboxylic acid groups (broad SMARTS) is 1. The normalized spacial score (nSPS) is 27.6. The molecule has 1 atom stereocenters. The fourth-order valence-corrected chi connectivity index (χ4v) is 3.33.